The summed E-state index contributed by atoms with van der Waals surface area (Å²) in [5.41, 5.74) is 7.26. The van der Waals surface area contributed by atoms with Crippen molar-refractivity contribution in [2.24, 2.45) is 16.6 Å². The molecule has 2 aliphatic rings. The van der Waals surface area contributed by atoms with Crippen molar-refractivity contribution in [3.63, 3.8) is 0 Å². The Morgan fingerprint density at radius 1 is 1.27 bits per heavy atom. The number of rotatable bonds is 2. The predicted molar refractivity (Wildman–Crippen MR) is 64.7 cm³/mol. The van der Waals surface area contributed by atoms with Crippen LogP contribution in [-0.2, 0) is 0 Å². The molecule has 1 unspecified atom stereocenters. The first-order valence-electron chi connectivity index (χ1n) is 6.31. The third-order valence-electron chi connectivity index (χ3n) is 5.03. The highest BCUT2D eigenvalue weighted by molar-refractivity contribution is 5.17. The molecule has 88 valence electrons. The lowest BCUT2D eigenvalue weighted by Gasteiger charge is -2.36. The van der Waals surface area contributed by atoms with Crippen LogP contribution in [0, 0.1) is 10.8 Å². The minimum absolute atomic E-state index is 0.388. The summed E-state index contributed by atoms with van der Waals surface area (Å²) in [5, 5.41) is 0. The maximum Gasteiger partial charge on any atom is 0.0309 e. The molecule has 3 atom stereocenters. The largest absolute Gasteiger partial charge is 0.326 e. The summed E-state index contributed by atoms with van der Waals surface area (Å²) in [6, 6.07) is 1.63. The van der Waals surface area contributed by atoms with Crippen LogP contribution < -0.4 is 5.73 Å². The van der Waals surface area contributed by atoms with Gasteiger partial charge in [0.15, 0.2) is 0 Å². The van der Waals surface area contributed by atoms with Gasteiger partial charge in [-0.25, -0.2) is 0 Å². The average molecular weight is 210 g/mol. The van der Waals surface area contributed by atoms with Crippen LogP contribution in [0.25, 0.3) is 0 Å². The molecule has 15 heavy (non-hydrogen) atoms. The molecule has 1 saturated heterocycles. The summed E-state index contributed by atoms with van der Waals surface area (Å²) in [6.07, 6.45) is 2.51. The van der Waals surface area contributed by atoms with Crippen molar-refractivity contribution in [2.75, 3.05) is 6.54 Å². The van der Waals surface area contributed by atoms with Gasteiger partial charge in [-0.3, -0.25) is 4.90 Å². The zero-order valence-corrected chi connectivity index (χ0v) is 10.9. The van der Waals surface area contributed by atoms with E-state index in [0.717, 1.165) is 0 Å². The maximum atomic E-state index is 6.31. The summed E-state index contributed by atoms with van der Waals surface area (Å²) in [5.74, 6) is 0. The molecule has 2 heteroatoms. The van der Waals surface area contributed by atoms with Crippen LogP contribution in [0.5, 0.6) is 0 Å². The van der Waals surface area contributed by atoms with Gasteiger partial charge >= 0.3 is 0 Å². The van der Waals surface area contributed by atoms with Gasteiger partial charge < -0.3 is 5.73 Å². The van der Waals surface area contributed by atoms with Crippen molar-refractivity contribution in [1.29, 1.82) is 0 Å². The summed E-state index contributed by atoms with van der Waals surface area (Å²) in [7, 11) is 0. The van der Waals surface area contributed by atoms with E-state index in [2.05, 4.69) is 39.5 Å². The van der Waals surface area contributed by atoms with Crippen molar-refractivity contribution < 1.29 is 0 Å². The monoisotopic (exact) mass is 210 g/mol. The van der Waals surface area contributed by atoms with Crippen LogP contribution in [0.15, 0.2) is 0 Å². The molecule has 0 radical (unpaired) electrons. The number of likely N-dealkylation sites (tertiary alicyclic amines) is 1. The second kappa shape index (κ2) is 3.21. The Morgan fingerprint density at radius 3 is 2.20 bits per heavy atom. The van der Waals surface area contributed by atoms with Crippen molar-refractivity contribution >= 4 is 0 Å². The first-order chi connectivity index (χ1) is 6.79. The molecular formula is C13H26N2. The molecule has 2 nitrogen and oxygen atoms in total. The van der Waals surface area contributed by atoms with Gasteiger partial charge in [0.05, 0.1) is 0 Å². The molecule has 0 amide bonds. The maximum absolute atomic E-state index is 6.31. The molecule has 1 aliphatic heterocycles. The molecule has 0 spiro atoms. The van der Waals surface area contributed by atoms with Gasteiger partial charge in [-0.15, -0.1) is 0 Å². The SMILES string of the molecule is CC(C)N1CC[C@H](N)[C@H]1C1(C)CC1(C)C. The lowest BCUT2D eigenvalue weighted by Crippen LogP contribution is -2.49. The Hall–Kier alpha value is -0.0800. The Kier molecular flexibility index (Phi) is 2.44. The Bertz CT molecular complexity index is 259. The van der Waals surface area contributed by atoms with E-state index in [0.29, 0.717) is 29.0 Å². The quantitative estimate of drug-likeness (QED) is 0.757. The van der Waals surface area contributed by atoms with E-state index in [1.165, 1.54) is 19.4 Å². The van der Waals surface area contributed by atoms with Crippen molar-refractivity contribution in [3.05, 3.63) is 0 Å². The summed E-state index contributed by atoms with van der Waals surface area (Å²) in [6.45, 7) is 13.0. The first-order valence-corrected chi connectivity index (χ1v) is 6.31. The highest BCUT2D eigenvalue weighted by Crippen LogP contribution is 2.67. The van der Waals surface area contributed by atoms with Crippen molar-refractivity contribution in [3.8, 4) is 0 Å². The molecule has 0 aromatic heterocycles. The van der Waals surface area contributed by atoms with E-state index in [4.69, 9.17) is 5.73 Å². The van der Waals surface area contributed by atoms with E-state index in [1.807, 2.05) is 0 Å². The lowest BCUT2D eigenvalue weighted by atomic mass is 9.85. The third-order valence-corrected chi connectivity index (χ3v) is 5.03. The molecule has 0 aromatic rings. The van der Waals surface area contributed by atoms with Gasteiger partial charge in [-0.2, -0.15) is 0 Å². The van der Waals surface area contributed by atoms with E-state index in [-0.39, 0.29) is 0 Å². The number of nitrogens with zero attached hydrogens (tertiary/aromatic N) is 1. The van der Waals surface area contributed by atoms with Crippen molar-refractivity contribution in [2.45, 2.75) is 65.6 Å². The summed E-state index contributed by atoms with van der Waals surface area (Å²) >= 11 is 0. The van der Waals surface area contributed by atoms with Gasteiger partial charge in [-0.05, 0) is 37.5 Å². The minimum atomic E-state index is 0.388. The molecular weight excluding hydrogens is 184 g/mol. The molecule has 0 bridgehead atoms. The van der Waals surface area contributed by atoms with Crippen LogP contribution in [-0.4, -0.2) is 29.6 Å². The van der Waals surface area contributed by atoms with E-state index in [9.17, 15) is 0 Å². The molecule has 2 rings (SSSR count). The van der Waals surface area contributed by atoms with Gasteiger partial charge in [0.1, 0.15) is 0 Å². The summed E-state index contributed by atoms with van der Waals surface area (Å²) < 4.78 is 0. The first kappa shape index (κ1) is 11.4. The molecule has 2 fully saturated rings. The molecule has 1 heterocycles. The third kappa shape index (κ3) is 1.53. The number of hydrogen-bond donors (Lipinski definition) is 1. The van der Waals surface area contributed by atoms with Gasteiger partial charge in [0.25, 0.3) is 0 Å². The zero-order chi connectivity index (χ0) is 11.4. The molecule has 1 saturated carbocycles. The topological polar surface area (TPSA) is 29.3 Å². The average Bonchev–Trinajstić information content (AvgIpc) is 2.45. The van der Waals surface area contributed by atoms with Gasteiger partial charge in [0.2, 0.25) is 0 Å². The smallest absolute Gasteiger partial charge is 0.0309 e. The number of nitrogens with two attached hydrogens (primary N) is 1. The van der Waals surface area contributed by atoms with E-state index >= 15 is 0 Å². The molecule has 1 aliphatic carbocycles. The zero-order valence-electron chi connectivity index (χ0n) is 10.9. The second-order valence-electron chi connectivity index (χ2n) is 6.71. The number of hydrogen-bond acceptors (Lipinski definition) is 2. The Labute approximate surface area is 94.2 Å². The fraction of sp³-hybridized carbons (Fsp3) is 1.00. The molecule has 2 N–H and O–H groups in total. The van der Waals surface area contributed by atoms with Gasteiger partial charge in [0, 0.05) is 24.7 Å². The second-order valence-corrected chi connectivity index (χ2v) is 6.71. The Morgan fingerprint density at radius 2 is 1.80 bits per heavy atom. The highest BCUT2D eigenvalue weighted by Gasteiger charge is 2.64. The normalized spacial score (nSPS) is 45.0. The van der Waals surface area contributed by atoms with E-state index in [1.54, 1.807) is 0 Å². The predicted octanol–water partition coefficient (Wildman–Crippen LogP) is 2.23. The van der Waals surface area contributed by atoms with Crippen LogP contribution >= 0.6 is 0 Å². The minimum Gasteiger partial charge on any atom is -0.326 e. The van der Waals surface area contributed by atoms with Crippen LogP contribution in [0.2, 0.25) is 0 Å². The Balaban J connectivity index is 2.20. The van der Waals surface area contributed by atoms with Crippen molar-refractivity contribution in [1.82, 2.24) is 4.90 Å². The lowest BCUT2D eigenvalue weighted by molar-refractivity contribution is 0.119. The van der Waals surface area contributed by atoms with Crippen LogP contribution in [0.1, 0.15) is 47.5 Å². The van der Waals surface area contributed by atoms with E-state index < -0.39 is 0 Å². The molecule has 0 aromatic carbocycles. The highest BCUT2D eigenvalue weighted by atomic mass is 15.2. The standard InChI is InChI=1S/C13H26N2/c1-9(2)15-7-6-10(14)11(15)13(5)8-12(13,3)4/h9-11H,6-8,14H2,1-5H3/t10-,11-,13?/m0/s1. The summed E-state index contributed by atoms with van der Waals surface area (Å²) in [4.78, 5) is 2.62. The van der Waals surface area contributed by atoms with Gasteiger partial charge in [-0.1, -0.05) is 20.8 Å². The fourth-order valence-corrected chi connectivity index (χ4v) is 3.64. The van der Waals surface area contributed by atoms with Crippen LogP contribution in [0.3, 0.4) is 0 Å². The van der Waals surface area contributed by atoms with Crippen LogP contribution in [0.4, 0.5) is 0 Å². The fourth-order valence-electron chi connectivity index (χ4n) is 3.64.